The third kappa shape index (κ3) is 1.95. The van der Waals surface area contributed by atoms with E-state index < -0.39 is 17.4 Å². The molecule has 20 heavy (non-hydrogen) atoms. The maximum Gasteiger partial charge on any atom is 0.402 e. The summed E-state index contributed by atoms with van der Waals surface area (Å²) in [4.78, 5) is 12.3. The molecule has 1 aromatic rings. The molecular weight excluding hydrogens is 267 g/mol. The van der Waals surface area contributed by atoms with Crippen LogP contribution >= 0.6 is 0 Å². The summed E-state index contributed by atoms with van der Waals surface area (Å²) in [6.45, 7) is -0.0177. The lowest BCUT2D eigenvalue weighted by Crippen LogP contribution is -2.47. The molecule has 108 valence electrons. The minimum absolute atomic E-state index is 0.00178. The molecule has 1 aliphatic heterocycles. The number of carbonyl (C=O) groups is 1. The fourth-order valence-electron chi connectivity index (χ4n) is 3.29. The molecule has 1 heterocycles. The van der Waals surface area contributed by atoms with Gasteiger partial charge in [-0.3, -0.25) is 4.79 Å². The molecule has 2 unspecified atom stereocenters. The van der Waals surface area contributed by atoms with Crippen LogP contribution in [-0.4, -0.2) is 25.0 Å². The first-order chi connectivity index (χ1) is 9.44. The summed E-state index contributed by atoms with van der Waals surface area (Å²) in [6, 6.07) is 7.65. The highest BCUT2D eigenvalue weighted by Crippen LogP contribution is 2.47. The van der Waals surface area contributed by atoms with Crippen molar-refractivity contribution in [2.24, 2.45) is 5.41 Å². The Bertz CT molecular complexity index is 532. The zero-order valence-corrected chi connectivity index (χ0v) is 11.0. The lowest BCUT2D eigenvalue weighted by Gasteiger charge is -2.34. The zero-order chi connectivity index (χ0) is 14.4. The lowest BCUT2D eigenvalue weighted by molar-refractivity contribution is -0.215. The van der Waals surface area contributed by atoms with E-state index in [9.17, 15) is 18.0 Å². The predicted molar refractivity (Wildman–Crippen MR) is 68.5 cm³/mol. The number of Topliss-reactive ketones (excluding diaryl/α,β-unsaturated/α-hetero) is 1. The Morgan fingerprint density at radius 3 is 2.70 bits per heavy atom. The molecule has 0 radical (unpaired) electrons. The molecule has 2 atom stereocenters. The summed E-state index contributed by atoms with van der Waals surface area (Å²) in [6.07, 6.45) is -3.89. The first-order valence-corrected chi connectivity index (χ1v) is 6.82. The second-order valence-electron chi connectivity index (χ2n) is 5.73. The van der Waals surface area contributed by atoms with Gasteiger partial charge in [-0.25, -0.2) is 0 Å². The molecule has 0 bridgehead atoms. The Labute approximate surface area is 115 Å². The van der Waals surface area contributed by atoms with Gasteiger partial charge in [0.05, 0.1) is 0 Å². The van der Waals surface area contributed by atoms with Gasteiger partial charge in [0, 0.05) is 13.0 Å². The van der Waals surface area contributed by atoms with Crippen molar-refractivity contribution in [3.8, 4) is 0 Å². The topological polar surface area (TPSA) is 29.1 Å². The average molecular weight is 283 g/mol. The third-order valence-electron chi connectivity index (χ3n) is 4.62. The van der Waals surface area contributed by atoms with E-state index in [0.717, 1.165) is 11.1 Å². The first-order valence-electron chi connectivity index (χ1n) is 6.82. The Morgan fingerprint density at radius 1 is 1.35 bits per heavy atom. The van der Waals surface area contributed by atoms with Crippen molar-refractivity contribution in [1.82, 2.24) is 5.32 Å². The molecule has 1 saturated heterocycles. The summed E-state index contributed by atoms with van der Waals surface area (Å²) >= 11 is 0. The summed E-state index contributed by atoms with van der Waals surface area (Å²) in [7, 11) is 0. The highest BCUT2D eigenvalue weighted by molar-refractivity contribution is 5.87. The van der Waals surface area contributed by atoms with Crippen molar-refractivity contribution >= 4 is 5.78 Å². The van der Waals surface area contributed by atoms with Crippen LogP contribution in [-0.2, 0) is 11.2 Å². The zero-order valence-electron chi connectivity index (χ0n) is 11.0. The molecule has 2 aliphatic rings. The number of ketones is 1. The standard InChI is InChI=1S/C15H16F3NO/c16-15(17,18)14(5-6-19-9-14)13(20)8-11-7-10-3-1-2-4-12(10)11/h1-4,11,19H,5-9H2. The molecule has 1 fully saturated rings. The van der Waals surface area contributed by atoms with Crippen LogP contribution in [0.25, 0.3) is 0 Å². The number of alkyl halides is 3. The van der Waals surface area contributed by atoms with Gasteiger partial charge in [-0.15, -0.1) is 0 Å². The van der Waals surface area contributed by atoms with Gasteiger partial charge in [0.1, 0.15) is 11.2 Å². The minimum Gasteiger partial charge on any atom is -0.315 e. The fraction of sp³-hybridized carbons (Fsp3) is 0.533. The minimum atomic E-state index is -4.46. The SMILES string of the molecule is O=C(CC1Cc2ccccc21)C1(C(F)(F)F)CCNC1. The van der Waals surface area contributed by atoms with Gasteiger partial charge in [-0.05, 0) is 36.4 Å². The van der Waals surface area contributed by atoms with E-state index in [1.54, 1.807) is 0 Å². The lowest BCUT2D eigenvalue weighted by atomic mass is 9.70. The predicted octanol–water partition coefficient (Wildman–Crippen LogP) is 2.83. The average Bonchev–Trinajstić information content (AvgIpc) is 2.86. The summed E-state index contributed by atoms with van der Waals surface area (Å²) in [5.74, 6) is -0.701. The van der Waals surface area contributed by atoms with E-state index in [1.165, 1.54) is 0 Å². The first kappa shape index (κ1) is 13.6. The van der Waals surface area contributed by atoms with Crippen LogP contribution in [0.5, 0.6) is 0 Å². The molecule has 1 aromatic carbocycles. The third-order valence-corrected chi connectivity index (χ3v) is 4.62. The van der Waals surface area contributed by atoms with Crippen molar-refractivity contribution in [3.63, 3.8) is 0 Å². The fourth-order valence-corrected chi connectivity index (χ4v) is 3.29. The Kier molecular flexibility index (Phi) is 3.12. The number of halogens is 3. The van der Waals surface area contributed by atoms with Crippen molar-refractivity contribution < 1.29 is 18.0 Å². The molecule has 1 N–H and O–H groups in total. The van der Waals surface area contributed by atoms with E-state index in [0.29, 0.717) is 6.42 Å². The number of benzene rings is 1. The van der Waals surface area contributed by atoms with Gasteiger partial charge in [-0.1, -0.05) is 24.3 Å². The maximum absolute atomic E-state index is 13.3. The van der Waals surface area contributed by atoms with E-state index >= 15 is 0 Å². The van der Waals surface area contributed by atoms with Crippen molar-refractivity contribution in [3.05, 3.63) is 35.4 Å². The summed E-state index contributed by atoms with van der Waals surface area (Å²) < 4.78 is 39.8. The van der Waals surface area contributed by atoms with Crippen LogP contribution in [0, 0.1) is 5.41 Å². The van der Waals surface area contributed by atoms with Crippen LogP contribution in [0.4, 0.5) is 13.2 Å². The molecule has 0 saturated carbocycles. The Hall–Kier alpha value is -1.36. The summed E-state index contributed by atoms with van der Waals surface area (Å²) in [5.41, 5.74) is 0.0115. The molecule has 0 spiro atoms. The number of rotatable bonds is 3. The largest absolute Gasteiger partial charge is 0.402 e. The monoisotopic (exact) mass is 283 g/mol. The van der Waals surface area contributed by atoms with Gasteiger partial charge in [0.2, 0.25) is 0 Å². The van der Waals surface area contributed by atoms with E-state index in [4.69, 9.17) is 0 Å². The molecule has 3 rings (SSSR count). The van der Waals surface area contributed by atoms with E-state index in [-0.39, 0.29) is 31.8 Å². The van der Waals surface area contributed by atoms with Crippen LogP contribution in [0.2, 0.25) is 0 Å². The van der Waals surface area contributed by atoms with Gasteiger partial charge in [-0.2, -0.15) is 13.2 Å². The number of nitrogens with one attached hydrogen (secondary N) is 1. The van der Waals surface area contributed by atoms with Crippen LogP contribution in [0.3, 0.4) is 0 Å². The van der Waals surface area contributed by atoms with Crippen LogP contribution in [0.1, 0.15) is 29.9 Å². The number of hydrogen-bond acceptors (Lipinski definition) is 2. The Morgan fingerprint density at radius 2 is 2.10 bits per heavy atom. The van der Waals surface area contributed by atoms with E-state index in [1.807, 2.05) is 24.3 Å². The van der Waals surface area contributed by atoms with Crippen LogP contribution in [0.15, 0.2) is 24.3 Å². The van der Waals surface area contributed by atoms with Gasteiger partial charge in [0.15, 0.2) is 0 Å². The second-order valence-corrected chi connectivity index (χ2v) is 5.73. The Balaban J connectivity index is 1.77. The molecule has 1 aliphatic carbocycles. The van der Waals surface area contributed by atoms with Gasteiger partial charge >= 0.3 is 6.18 Å². The molecular formula is C15H16F3NO. The number of fused-ring (bicyclic) bond motifs is 1. The van der Waals surface area contributed by atoms with Crippen molar-refractivity contribution in [2.75, 3.05) is 13.1 Å². The second kappa shape index (κ2) is 4.58. The number of hydrogen-bond donors (Lipinski definition) is 1. The highest BCUT2D eigenvalue weighted by atomic mass is 19.4. The van der Waals surface area contributed by atoms with Gasteiger partial charge < -0.3 is 5.32 Å². The molecule has 0 aromatic heterocycles. The van der Waals surface area contributed by atoms with Crippen molar-refractivity contribution in [2.45, 2.75) is 31.4 Å². The molecule has 2 nitrogen and oxygen atoms in total. The van der Waals surface area contributed by atoms with Gasteiger partial charge in [0.25, 0.3) is 0 Å². The highest BCUT2D eigenvalue weighted by Gasteiger charge is 2.60. The van der Waals surface area contributed by atoms with Crippen molar-refractivity contribution in [1.29, 1.82) is 0 Å². The van der Waals surface area contributed by atoms with Crippen LogP contribution < -0.4 is 5.32 Å². The normalized spacial score (nSPS) is 28.9. The summed E-state index contributed by atoms with van der Waals surface area (Å²) in [5, 5.41) is 2.69. The maximum atomic E-state index is 13.3. The smallest absolute Gasteiger partial charge is 0.315 e. The number of carbonyl (C=O) groups excluding carboxylic acids is 1. The molecule has 0 amide bonds. The quantitative estimate of drug-likeness (QED) is 0.924. The van der Waals surface area contributed by atoms with E-state index in [2.05, 4.69) is 5.32 Å². The molecule has 5 heteroatoms.